The van der Waals surface area contributed by atoms with Crippen LogP contribution in [0.1, 0.15) is 65.7 Å². The molecule has 1 saturated carbocycles. The highest BCUT2D eigenvalue weighted by atomic mass is 16.5. The Hall–Kier alpha value is -1.06. The second-order valence-electron chi connectivity index (χ2n) is 4.86. The van der Waals surface area contributed by atoms with Gasteiger partial charge in [-0.15, -0.1) is 0 Å². The third kappa shape index (κ3) is 9.02. The van der Waals surface area contributed by atoms with Crippen molar-refractivity contribution in [2.24, 2.45) is 5.92 Å². The Morgan fingerprint density at radius 1 is 1.28 bits per heavy atom. The van der Waals surface area contributed by atoms with Gasteiger partial charge in [0.05, 0.1) is 0 Å². The van der Waals surface area contributed by atoms with Gasteiger partial charge in [-0.1, -0.05) is 26.2 Å². The molecular weight excluding hydrogens is 232 g/mol. The Kier molecular flexibility index (Phi) is 9.33. The molecule has 0 aromatic heterocycles. The number of carbonyl (C=O) groups excluding carboxylic acids is 1. The van der Waals surface area contributed by atoms with E-state index in [1.807, 2.05) is 13.8 Å². The van der Waals surface area contributed by atoms with Gasteiger partial charge in [0.25, 0.3) is 0 Å². The summed E-state index contributed by atoms with van der Waals surface area (Å²) in [7, 11) is 0. The van der Waals surface area contributed by atoms with Gasteiger partial charge in [0.15, 0.2) is 0 Å². The second kappa shape index (κ2) is 9.92. The average Bonchev–Trinajstić information content (AvgIpc) is 2.30. The van der Waals surface area contributed by atoms with Crippen LogP contribution in [0, 0.1) is 5.92 Å². The van der Waals surface area contributed by atoms with E-state index in [0.717, 1.165) is 6.42 Å². The van der Waals surface area contributed by atoms with E-state index in [9.17, 15) is 9.59 Å². The van der Waals surface area contributed by atoms with E-state index < -0.39 is 5.97 Å². The topological polar surface area (TPSA) is 63.6 Å². The molecule has 0 bridgehead atoms. The summed E-state index contributed by atoms with van der Waals surface area (Å²) >= 11 is 0. The van der Waals surface area contributed by atoms with Gasteiger partial charge in [0, 0.05) is 13.3 Å². The van der Waals surface area contributed by atoms with Gasteiger partial charge in [-0.3, -0.25) is 9.59 Å². The number of carboxylic acid groups (broad SMARTS) is 1. The number of rotatable bonds is 4. The SMILES string of the molecule is CC(=O)OC(C)C1CCCCC1.CCCC(=O)O. The number of hydrogen-bond acceptors (Lipinski definition) is 3. The molecule has 0 saturated heterocycles. The van der Waals surface area contributed by atoms with E-state index in [2.05, 4.69) is 0 Å². The van der Waals surface area contributed by atoms with Gasteiger partial charge < -0.3 is 9.84 Å². The predicted octanol–water partition coefficient (Wildman–Crippen LogP) is 3.39. The van der Waals surface area contributed by atoms with Crippen molar-refractivity contribution in [1.82, 2.24) is 0 Å². The fourth-order valence-corrected chi connectivity index (χ4v) is 2.18. The minimum absolute atomic E-state index is 0.128. The lowest BCUT2D eigenvalue weighted by Gasteiger charge is -2.26. The Balaban J connectivity index is 0.000000411. The maximum absolute atomic E-state index is 10.7. The summed E-state index contributed by atoms with van der Waals surface area (Å²) in [5.74, 6) is -0.242. The van der Waals surface area contributed by atoms with E-state index in [1.54, 1.807) is 0 Å². The van der Waals surface area contributed by atoms with Crippen molar-refractivity contribution < 1.29 is 19.4 Å². The molecule has 1 N–H and O–H groups in total. The third-order valence-corrected chi connectivity index (χ3v) is 3.13. The fourth-order valence-electron chi connectivity index (χ4n) is 2.18. The summed E-state index contributed by atoms with van der Waals surface area (Å²) in [6.07, 6.45) is 7.57. The number of carboxylic acids is 1. The van der Waals surface area contributed by atoms with Gasteiger partial charge in [0.2, 0.25) is 0 Å². The van der Waals surface area contributed by atoms with E-state index in [-0.39, 0.29) is 12.1 Å². The molecule has 1 rings (SSSR count). The van der Waals surface area contributed by atoms with Crippen molar-refractivity contribution in [2.75, 3.05) is 0 Å². The van der Waals surface area contributed by atoms with Gasteiger partial charge in [-0.05, 0) is 32.1 Å². The highest BCUT2D eigenvalue weighted by Crippen LogP contribution is 2.27. The molecule has 1 atom stereocenters. The second-order valence-corrected chi connectivity index (χ2v) is 4.86. The van der Waals surface area contributed by atoms with Crippen LogP contribution >= 0.6 is 0 Å². The third-order valence-electron chi connectivity index (χ3n) is 3.13. The first-order valence-corrected chi connectivity index (χ1v) is 6.86. The summed E-state index contributed by atoms with van der Waals surface area (Å²) in [6, 6.07) is 0. The normalized spacial score (nSPS) is 17.3. The van der Waals surface area contributed by atoms with Crippen molar-refractivity contribution in [1.29, 1.82) is 0 Å². The molecular formula is C14H26O4. The maximum Gasteiger partial charge on any atom is 0.303 e. The number of esters is 1. The van der Waals surface area contributed by atoms with Crippen LogP contribution in [0.3, 0.4) is 0 Å². The Morgan fingerprint density at radius 2 is 1.83 bits per heavy atom. The zero-order valence-corrected chi connectivity index (χ0v) is 11.8. The van der Waals surface area contributed by atoms with Crippen molar-refractivity contribution >= 4 is 11.9 Å². The number of hydrogen-bond donors (Lipinski definition) is 1. The van der Waals surface area contributed by atoms with Crippen LogP contribution in [-0.2, 0) is 14.3 Å². The van der Waals surface area contributed by atoms with E-state index in [1.165, 1.54) is 39.0 Å². The summed E-state index contributed by atoms with van der Waals surface area (Å²) in [6.45, 7) is 5.34. The van der Waals surface area contributed by atoms with Crippen molar-refractivity contribution in [2.45, 2.75) is 71.8 Å². The van der Waals surface area contributed by atoms with Crippen LogP contribution < -0.4 is 0 Å². The number of aliphatic carboxylic acids is 1. The molecule has 4 nitrogen and oxygen atoms in total. The first-order valence-electron chi connectivity index (χ1n) is 6.86. The summed E-state index contributed by atoms with van der Waals surface area (Å²) < 4.78 is 5.15. The highest BCUT2D eigenvalue weighted by molar-refractivity contribution is 5.66. The quantitative estimate of drug-likeness (QED) is 0.785. The van der Waals surface area contributed by atoms with Crippen LogP contribution in [0.15, 0.2) is 0 Å². The minimum atomic E-state index is -0.711. The van der Waals surface area contributed by atoms with Crippen LogP contribution in [0.25, 0.3) is 0 Å². The minimum Gasteiger partial charge on any atom is -0.481 e. The van der Waals surface area contributed by atoms with Crippen molar-refractivity contribution in [3.63, 3.8) is 0 Å². The molecule has 0 aromatic carbocycles. The molecule has 1 aliphatic carbocycles. The lowest BCUT2D eigenvalue weighted by atomic mass is 9.86. The largest absolute Gasteiger partial charge is 0.481 e. The molecule has 1 fully saturated rings. The van der Waals surface area contributed by atoms with Crippen LogP contribution in [0.2, 0.25) is 0 Å². The molecule has 1 unspecified atom stereocenters. The van der Waals surface area contributed by atoms with Crippen molar-refractivity contribution in [3.8, 4) is 0 Å². The summed E-state index contributed by atoms with van der Waals surface area (Å²) in [5, 5.41) is 7.91. The molecule has 0 spiro atoms. The van der Waals surface area contributed by atoms with Crippen LogP contribution in [0.4, 0.5) is 0 Å². The van der Waals surface area contributed by atoms with Gasteiger partial charge in [-0.2, -0.15) is 0 Å². The first kappa shape index (κ1) is 16.9. The molecule has 0 aromatic rings. The standard InChI is InChI=1S/C10H18O2.C4H8O2/c1-8(12-9(2)11)10-6-4-3-5-7-10;1-2-3-4(5)6/h8,10H,3-7H2,1-2H3;2-3H2,1H3,(H,5,6). The van der Waals surface area contributed by atoms with E-state index in [0.29, 0.717) is 12.3 Å². The number of carbonyl (C=O) groups is 2. The molecule has 1 aliphatic rings. The van der Waals surface area contributed by atoms with Gasteiger partial charge in [-0.25, -0.2) is 0 Å². The number of ether oxygens (including phenoxy) is 1. The molecule has 4 heteroatoms. The van der Waals surface area contributed by atoms with E-state index >= 15 is 0 Å². The molecule has 0 aliphatic heterocycles. The predicted molar refractivity (Wildman–Crippen MR) is 70.3 cm³/mol. The lowest BCUT2D eigenvalue weighted by molar-refractivity contribution is -0.148. The summed E-state index contributed by atoms with van der Waals surface area (Å²) in [4.78, 5) is 20.3. The maximum atomic E-state index is 10.7. The van der Waals surface area contributed by atoms with Crippen LogP contribution in [-0.4, -0.2) is 23.1 Å². The van der Waals surface area contributed by atoms with E-state index in [4.69, 9.17) is 9.84 Å². The Bertz CT molecular complexity index is 244. The zero-order chi connectivity index (χ0) is 14.0. The molecule has 0 amide bonds. The smallest absolute Gasteiger partial charge is 0.303 e. The monoisotopic (exact) mass is 258 g/mol. The fraction of sp³-hybridized carbons (Fsp3) is 0.857. The van der Waals surface area contributed by atoms with Gasteiger partial charge in [0.1, 0.15) is 6.10 Å². The Labute approximate surface area is 110 Å². The molecule has 106 valence electrons. The first-order chi connectivity index (χ1) is 8.47. The molecule has 18 heavy (non-hydrogen) atoms. The van der Waals surface area contributed by atoms with Gasteiger partial charge >= 0.3 is 11.9 Å². The van der Waals surface area contributed by atoms with Crippen LogP contribution in [0.5, 0.6) is 0 Å². The zero-order valence-electron chi connectivity index (χ0n) is 11.8. The summed E-state index contributed by atoms with van der Waals surface area (Å²) in [5.41, 5.74) is 0. The van der Waals surface area contributed by atoms with Crippen molar-refractivity contribution in [3.05, 3.63) is 0 Å². The lowest BCUT2D eigenvalue weighted by Crippen LogP contribution is -2.24. The molecule has 0 heterocycles. The highest BCUT2D eigenvalue weighted by Gasteiger charge is 2.21. The molecule has 0 radical (unpaired) electrons. The Morgan fingerprint density at radius 3 is 2.17 bits per heavy atom. The average molecular weight is 258 g/mol.